The maximum Gasteiger partial charge on any atom is 0.212 e. The van der Waals surface area contributed by atoms with Crippen LogP contribution in [-0.2, 0) is 0 Å². The lowest BCUT2D eigenvalue weighted by atomic mass is 10.1. The number of hydrogen-bond donors (Lipinski definition) is 0. The van der Waals surface area contributed by atoms with E-state index in [9.17, 15) is 4.79 Å². The fraction of sp³-hybridized carbons (Fsp3) is 0.0588. The van der Waals surface area contributed by atoms with E-state index in [1.54, 1.807) is 31.4 Å². The van der Waals surface area contributed by atoms with E-state index in [4.69, 9.17) is 4.74 Å². The van der Waals surface area contributed by atoms with E-state index in [-0.39, 0.29) is 5.78 Å². The lowest BCUT2D eigenvalue weighted by Crippen LogP contribution is -2.05. The Bertz CT molecular complexity index is 813. The summed E-state index contributed by atoms with van der Waals surface area (Å²) in [5.74, 6) is 0.604. The Morgan fingerprint density at radius 1 is 1.10 bits per heavy atom. The molecular formula is C17H12BrNO2. The molecule has 104 valence electrons. The van der Waals surface area contributed by atoms with Crippen molar-refractivity contribution in [3.63, 3.8) is 0 Å². The molecule has 0 unspecified atom stereocenters. The summed E-state index contributed by atoms with van der Waals surface area (Å²) in [4.78, 5) is 17.0. The summed E-state index contributed by atoms with van der Waals surface area (Å²) in [5, 5.41) is 0.996. The van der Waals surface area contributed by atoms with E-state index in [1.165, 1.54) is 0 Å². The Labute approximate surface area is 130 Å². The molecule has 0 spiro atoms. The first-order chi connectivity index (χ1) is 10.2. The van der Waals surface area contributed by atoms with Crippen LogP contribution < -0.4 is 4.74 Å². The van der Waals surface area contributed by atoms with Gasteiger partial charge in [-0.1, -0.05) is 18.2 Å². The molecule has 4 heteroatoms. The quantitative estimate of drug-likeness (QED) is 0.669. The van der Waals surface area contributed by atoms with Crippen LogP contribution in [0.2, 0.25) is 0 Å². The average Bonchev–Trinajstić information content (AvgIpc) is 2.53. The number of carbonyl (C=O) groups excluding carboxylic acids is 1. The molecule has 0 fully saturated rings. The number of halogens is 1. The molecule has 1 aromatic heterocycles. The third-order valence-electron chi connectivity index (χ3n) is 3.24. The van der Waals surface area contributed by atoms with E-state index >= 15 is 0 Å². The number of rotatable bonds is 3. The number of carbonyl (C=O) groups is 1. The first-order valence-corrected chi connectivity index (χ1v) is 7.22. The topological polar surface area (TPSA) is 39.2 Å². The van der Waals surface area contributed by atoms with Crippen LogP contribution in [0.15, 0.2) is 59.1 Å². The largest absolute Gasteiger partial charge is 0.497 e. The highest BCUT2D eigenvalue weighted by atomic mass is 79.9. The lowest BCUT2D eigenvalue weighted by molar-refractivity contribution is 0.103. The van der Waals surface area contributed by atoms with Gasteiger partial charge in [-0.3, -0.25) is 4.79 Å². The van der Waals surface area contributed by atoms with Gasteiger partial charge in [-0.05, 0) is 52.3 Å². The van der Waals surface area contributed by atoms with E-state index in [2.05, 4.69) is 20.9 Å². The summed E-state index contributed by atoms with van der Waals surface area (Å²) < 4.78 is 5.80. The van der Waals surface area contributed by atoms with Crippen molar-refractivity contribution in [2.75, 3.05) is 7.11 Å². The summed E-state index contributed by atoms with van der Waals surface area (Å²) in [6.07, 6.45) is 0. The van der Waals surface area contributed by atoms with Crippen LogP contribution in [0, 0.1) is 0 Å². The molecule has 0 saturated heterocycles. The van der Waals surface area contributed by atoms with Gasteiger partial charge in [-0.25, -0.2) is 4.98 Å². The molecule has 2 aromatic carbocycles. The molecule has 0 atom stereocenters. The molecule has 3 nitrogen and oxygen atoms in total. The van der Waals surface area contributed by atoms with Gasteiger partial charge < -0.3 is 4.74 Å². The molecule has 0 N–H and O–H groups in total. The van der Waals surface area contributed by atoms with Gasteiger partial charge in [0.25, 0.3) is 0 Å². The SMILES string of the molecule is COc1ccc(C(=O)c2nc3ccccc3cc2Br)cc1. The lowest BCUT2D eigenvalue weighted by Gasteiger charge is -2.06. The van der Waals surface area contributed by atoms with E-state index < -0.39 is 0 Å². The van der Waals surface area contributed by atoms with E-state index in [1.807, 2.05) is 30.3 Å². The molecule has 0 radical (unpaired) electrons. The smallest absolute Gasteiger partial charge is 0.212 e. The average molecular weight is 342 g/mol. The summed E-state index contributed by atoms with van der Waals surface area (Å²) in [5.41, 5.74) is 1.80. The minimum absolute atomic E-state index is 0.115. The van der Waals surface area contributed by atoms with Crippen molar-refractivity contribution in [2.45, 2.75) is 0 Å². The van der Waals surface area contributed by atoms with Crippen LogP contribution >= 0.6 is 15.9 Å². The minimum atomic E-state index is -0.115. The van der Waals surface area contributed by atoms with Gasteiger partial charge in [0.2, 0.25) is 5.78 Å². The number of para-hydroxylation sites is 1. The second-order valence-electron chi connectivity index (χ2n) is 4.57. The zero-order valence-electron chi connectivity index (χ0n) is 11.3. The van der Waals surface area contributed by atoms with Gasteiger partial charge >= 0.3 is 0 Å². The second kappa shape index (κ2) is 5.66. The number of benzene rings is 2. The van der Waals surface area contributed by atoms with Gasteiger partial charge in [-0.2, -0.15) is 0 Å². The first kappa shape index (κ1) is 13.8. The molecule has 1 heterocycles. The minimum Gasteiger partial charge on any atom is -0.497 e. The van der Waals surface area contributed by atoms with Crippen LogP contribution in [0.5, 0.6) is 5.75 Å². The van der Waals surface area contributed by atoms with Crippen molar-refractivity contribution >= 4 is 32.6 Å². The third-order valence-corrected chi connectivity index (χ3v) is 3.85. The Kier molecular flexibility index (Phi) is 3.71. The van der Waals surface area contributed by atoms with Gasteiger partial charge in [0.1, 0.15) is 11.4 Å². The fourth-order valence-electron chi connectivity index (χ4n) is 2.13. The fourth-order valence-corrected chi connectivity index (χ4v) is 2.64. The van der Waals surface area contributed by atoms with Crippen molar-refractivity contribution in [2.24, 2.45) is 0 Å². The number of ketones is 1. The van der Waals surface area contributed by atoms with Crippen LogP contribution in [0.25, 0.3) is 10.9 Å². The highest BCUT2D eigenvalue weighted by molar-refractivity contribution is 9.10. The molecule has 0 aliphatic heterocycles. The maximum atomic E-state index is 12.6. The normalized spacial score (nSPS) is 10.6. The number of hydrogen-bond acceptors (Lipinski definition) is 3. The number of fused-ring (bicyclic) bond motifs is 1. The number of pyridine rings is 1. The Morgan fingerprint density at radius 3 is 2.52 bits per heavy atom. The number of ether oxygens (including phenoxy) is 1. The van der Waals surface area contributed by atoms with Crippen molar-refractivity contribution in [3.05, 3.63) is 70.3 Å². The van der Waals surface area contributed by atoms with Crippen molar-refractivity contribution in [1.82, 2.24) is 4.98 Å². The third kappa shape index (κ3) is 2.67. The summed E-state index contributed by atoms with van der Waals surface area (Å²) in [6, 6.07) is 16.6. The predicted molar refractivity (Wildman–Crippen MR) is 85.9 cm³/mol. The Balaban J connectivity index is 2.05. The maximum absolute atomic E-state index is 12.6. The first-order valence-electron chi connectivity index (χ1n) is 6.43. The number of nitrogens with zero attached hydrogens (tertiary/aromatic N) is 1. The second-order valence-corrected chi connectivity index (χ2v) is 5.42. The molecule has 0 amide bonds. The number of methoxy groups -OCH3 is 1. The summed E-state index contributed by atoms with van der Waals surface area (Å²) >= 11 is 3.44. The van der Waals surface area contributed by atoms with Gasteiger partial charge in [0, 0.05) is 15.4 Å². The van der Waals surface area contributed by atoms with Gasteiger partial charge in [0.15, 0.2) is 0 Å². The molecule has 0 saturated carbocycles. The van der Waals surface area contributed by atoms with Crippen molar-refractivity contribution in [3.8, 4) is 5.75 Å². The zero-order valence-corrected chi connectivity index (χ0v) is 12.9. The van der Waals surface area contributed by atoms with Crippen LogP contribution in [0.3, 0.4) is 0 Å². The van der Waals surface area contributed by atoms with Gasteiger partial charge in [-0.15, -0.1) is 0 Å². The van der Waals surface area contributed by atoms with Crippen LogP contribution in [0.1, 0.15) is 16.1 Å². The Morgan fingerprint density at radius 2 is 1.81 bits per heavy atom. The summed E-state index contributed by atoms with van der Waals surface area (Å²) in [7, 11) is 1.60. The van der Waals surface area contributed by atoms with Gasteiger partial charge in [0.05, 0.1) is 12.6 Å². The van der Waals surface area contributed by atoms with Crippen LogP contribution in [0.4, 0.5) is 0 Å². The van der Waals surface area contributed by atoms with E-state index in [0.717, 1.165) is 16.7 Å². The highest BCUT2D eigenvalue weighted by Crippen LogP contribution is 2.24. The standard InChI is InChI=1S/C17H12BrNO2/c1-21-13-8-6-11(7-9-13)17(20)16-14(18)10-12-4-2-3-5-15(12)19-16/h2-10H,1H3. The summed E-state index contributed by atoms with van der Waals surface area (Å²) in [6.45, 7) is 0. The molecule has 21 heavy (non-hydrogen) atoms. The Hall–Kier alpha value is -2.20. The van der Waals surface area contributed by atoms with Crippen molar-refractivity contribution in [1.29, 1.82) is 0 Å². The molecule has 0 aliphatic carbocycles. The highest BCUT2D eigenvalue weighted by Gasteiger charge is 2.15. The van der Waals surface area contributed by atoms with Crippen molar-refractivity contribution < 1.29 is 9.53 Å². The van der Waals surface area contributed by atoms with Crippen LogP contribution in [-0.4, -0.2) is 17.9 Å². The zero-order chi connectivity index (χ0) is 14.8. The monoisotopic (exact) mass is 341 g/mol. The molecule has 3 rings (SSSR count). The molecule has 0 bridgehead atoms. The molecule has 3 aromatic rings. The number of aromatic nitrogens is 1. The van der Waals surface area contributed by atoms with E-state index in [0.29, 0.717) is 15.7 Å². The molecular weight excluding hydrogens is 330 g/mol. The predicted octanol–water partition coefficient (Wildman–Crippen LogP) is 4.24. The molecule has 0 aliphatic rings.